The predicted molar refractivity (Wildman–Crippen MR) is 229 cm³/mol. The van der Waals surface area contributed by atoms with Crippen LogP contribution in [0.15, 0.2) is 201 Å². The smallest absolute Gasteiger partial charge is 0.0748 e. The molecule has 1 aliphatic heterocycles. The van der Waals surface area contributed by atoms with Crippen molar-refractivity contribution in [3.63, 3.8) is 0 Å². The van der Waals surface area contributed by atoms with Gasteiger partial charge in [0.2, 0.25) is 0 Å². The molecule has 57 heavy (non-hydrogen) atoms. The Hall–Kier alpha value is -7.50. The average Bonchev–Trinajstić information content (AvgIpc) is 3.30. The van der Waals surface area contributed by atoms with Crippen LogP contribution in [0.25, 0.3) is 44.9 Å². The maximum atomic E-state index is 5.21. The summed E-state index contributed by atoms with van der Waals surface area (Å²) in [6, 6.07) is 61.4. The highest BCUT2D eigenvalue weighted by molar-refractivity contribution is 5.91. The van der Waals surface area contributed by atoms with Crippen LogP contribution in [0.4, 0.5) is 17.1 Å². The van der Waals surface area contributed by atoms with Crippen molar-refractivity contribution >= 4 is 17.1 Å². The van der Waals surface area contributed by atoms with E-state index < -0.39 is 5.41 Å². The molecule has 268 valence electrons. The van der Waals surface area contributed by atoms with E-state index in [1.54, 1.807) is 12.4 Å². The van der Waals surface area contributed by atoms with Crippen LogP contribution in [0.5, 0.6) is 0 Å². The molecule has 0 fully saturated rings. The van der Waals surface area contributed by atoms with E-state index in [1.165, 1.54) is 33.4 Å². The molecule has 5 aromatic carbocycles. The van der Waals surface area contributed by atoms with E-state index >= 15 is 0 Å². The third kappa shape index (κ3) is 5.31. The van der Waals surface area contributed by atoms with Crippen LogP contribution in [-0.2, 0) is 11.8 Å². The number of benzene rings is 5. The molecule has 0 amide bonds. The Morgan fingerprint density at radius 1 is 0.404 bits per heavy atom. The quantitative estimate of drug-likeness (QED) is 0.177. The normalized spacial score (nSPS) is 13.3. The van der Waals surface area contributed by atoms with Gasteiger partial charge < -0.3 is 4.90 Å². The number of anilines is 3. The van der Waals surface area contributed by atoms with Gasteiger partial charge in [0.1, 0.15) is 0 Å². The molecule has 2 aliphatic rings. The summed E-state index contributed by atoms with van der Waals surface area (Å²) < 4.78 is 0. The number of hydrogen-bond acceptors (Lipinski definition) is 5. The van der Waals surface area contributed by atoms with Gasteiger partial charge in [0, 0.05) is 53.4 Å². The van der Waals surface area contributed by atoms with Crippen molar-refractivity contribution in [2.75, 3.05) is 4.90 Å². The van der Waals surface area contributed by atoms with E-state index in [0.29, 0.717) is 0 Å². The molecule has 9 aromatic rings. The summed E-state index contributed by atoms with van der Waals surface area (Å²) in [5.74, 6) is 0. The Labute approximate surface area is 331 Å². The topological polar surface area (TPSA) is 54.8 Å². The maximum absolute atomic E-state index is 5.21. The van der Waals surface area contributed by atoms with Crippen molar-refractivity contribution in [1.29, 1.82) is 0 Å². The fourth-order valence-corrected chi connectivity index (χ4v) is 9.08. The van der Waals surface area contributed by atoms with Gasteiger partial charge in [-0.3, -0.25) is 15.0 Å². The molecular formula is C52H35N5. The highest BCUT2D eigenvalue weighted by Crippen LogP contribution is 2.61. The molecule has 1 aliphatic carbocycles. The Kier molecular flexibility index (Phi) is 7.71. The molecule has 0 atom stereocenters. The maximum Gasteiger partial charge on any atom is 0.0748 e. The highest BCUT2D eigenvalue weighted by atomic mass is 15.2. The third-order valence-electron chi connectivity index (χ3n) is 11.6. The highest BCUT2D eigenvalue weighted by Gasteiger charge is 2.50. The molecule has 0 unspecified atom stereocenters. The molecule has 0 N–H and O–H groups in total. The zero-order chi connectivity index (χ0) is 37.8. The van der Waals surface area contributed by atoms with Crippen LogP contribution < -0.4 is 4.90 Å². The van der Waals surface area contributed by atoms with Gasteiger partial charge >= 0.3 is 0 Å². The van der Waals surface area contributed by atoms with Crippen molar-refractivity contribution in [1.82, 2.24) is 19.9 Å². The third-order valence-corrected chi connectivity index (χ3v) is 11.6. The Bertz CT molecular complexity index is 2760. The van der Waals surface area contributed by atoms with Crippen molar-refractivity contribution in [3.05, 3.63) is 234 Å². The standard InChI is InChI=1S/C52H35N5/c1-2-13-42(14-3-1)57-50-19-6-4-15-43(50)52(44-16-5-7-20-51(44)57)45-30-35(36-25-28-55-49(32-36)41-12-10-27-54-34-41)21-22-37(45)29-38-23-24-39(31-46(38)52)47-17-8-18-48(56-47)40-11-9-26-53-33-40/h1-28,30-34H,29H2. The molecule has 0 saturated heterocycles. The minimum absolute atomic E-state index is 0.645. The van der Waals surface area contributed by atoms with E-state index in [-0.39, 0.29) is 0 Å². The molecule has 5 nitrogen and oxygen atoms in total. The lowest BCUT2D eigenvalue weighted by atomic mass is 9.57. The van der Waals surface area contributed by atoms with Gasteiger partial charge in [-0.05, 0) is 136 Å². The van der Waals surface area contributed by atoms with Crippen LogP contribution in [0.3, 0.4) is 0 Å². The Morgan fingerprint density at radius 3 is 1.65 bits per heavy atom. The van der Waals surface area contributed by atoms with Gasteiger partial charge in [0.15, 0.2) is 0 Å². The van der Waals surface area contributed by atoms with Gasteiger partial charge in [0.05, 0.1) is 33.9 Å². The SMILES string of the molecule is c1ccc(N2c3ccccc3C3(c4cc(-c5ccnc(-c6cccnc6)c5)ccc4Cc4ccc(-c5cccc(-c6cccnc6)n5)cc43)c3ccccc32)cc1. The van der Waals surface area contributed by atoms with Crippen LogP contribution in [-0.4, -0.2) is 19.9 Å². The van der Waals surface area contributed by atoms with Gasteiger partial charge in [-0.15, -0.1) is 0 Å². The first-order valence-corrected chi connectivity index (χ1v) is 19.3. The average molecular weight is 730 g/mol. The molecule has 5 heteroatoms. The lowest BCUT2D eigenvalue weighted by Crippen LogP contribution is -2.41. The van der Waals surface area contributed by atoms with Gasteiger partial charge in [-0.25, -0.2) is 4.98 Å². The number of fused-ring (bicyclic) bond motifs is 8. The first kappa shape index (κ1) is 32.9. The Morgan fingerprint density at radius 2 is 0.982 bits per heavy atom. The van der Waals surface area contributed by atoms with Gasteiger partial charge in [0.25, 0.3) is 0 Å². The van der Waals surface area contributed by atoms with Crippen molar-refractivity contribution in [2.45, 2.75) is 11.8 Å². The number of aromatic nitrogens is 4. The van der Waals surface area contributed by atoms with E-state index in [1.807, 2.05) is 30.7 Å². The number of hydrogen-bond donors (Lipinski definition) is 0. The van der Waals surface area contributed by atoms with E-state index in [4.69, 9.17) is 9.97 Å². The summed E-state index contributed by atoms with van der Waals surface area (Å²) in [5, 5.41) is 0. The van der Waals surface area contributed by atoms with Crippen LogP contribution >= 0.6 is 0 Å². The summed E-state index contributed by atoms with van der Waals surface area (Å²) in [4.78, 5) is 21.1. The molecule has 1 spiro atoms. The summed E-state index contributed by atoms with van der Waals surface area (Å²) in [5.41, 5.74) is 18.5. The lowest BCUT2D eigenvalue weighted by molar-refractivity contribution is 0.693. The summed E-state index contributed by atoms with van der Waals surface area (Å²) in [6.45, 7) is 0. The van der Waals surface area contributed by atoms with Gasteiger partial charge in [-0.1, -0.05) is 84.9 Å². The Balaban J connectivity index is 1.19. The van der Waals surface area contributed by atoms with Crippen LogP contribution in [0.1, 0.15) is 33.4 Å². The van der Waals surface area contributed by atoms with E-state index in [0.717, 1.165) is 68.4 Å². The second kappa shape index (κ2) is 13.4. The lowest BCUT2D eigenvalue weighted by Gasteiger charge is -2.49. The fourth-order valence-electron chi connectivity index (χ4n) is 9.08. The van der Waals surface area contributed by atoms with E-state index in [2.05, 4.69) is 173 Å². The number of nitrogens with zero attached hydrogens (tertiary/aromatic N) is 5. The minimum atomic E-state index is -0.645. The number of rotatable bonds is 5. The first-order valence-electron chi connectivity index (χ1n) is 19.3. The molecule has 4 aromatic heterocycles. The van der Waals surface area contributed by atoms with Crippen LogP contribution in [0.2, 0.25) is 0 Å². The second-order valence-corrected chi connectivity index (χ2v) is 14.7. The van der Waals surface area contributed by atoms with Gasteiger partial charge in [-0.2, -0.15) is 0 Å². The molecule has 11 rings (SSSR count). The van der Waals surface area contributed by atoms with E-state index in [9.17, 15) is 0 Å². The monoisotopic (exact) mass is 729 g/mol. The fraction of sp³-hybridized carbons (Fsp3) is 0.0385. The number of para-hydroxylation sites is 3. The van der Waals surface area contributed by atoms with Crippen molar-refractivity contribution in [2.24, 2.45) is 0 Å². The largest absolute Gasteiger partial charge is 0.310 e. The molecule has 0 radical (unpaired) electrons. The molecular weight excluding hydrogens is 695 g/mol. The van der Waals surface area contributed by atoms with Crippen molar-refractivity contribution in [3.8, 4) is 44.9 Å². The summed E-state index contributed by atoms with van der Waals surface area (Å²) in [7, 11) is 0. The predicted octanol–water partition coefficient (Wildman–Crippen LogP) is 12.0. The minimum Gasteiger partial charge on any atom is -0.310 e. The molecule has 0 bridgehead atoms. The summed E-state index contributed by atoms with van der Waals surface area (Å²) >= 11 is 0. The second-order valence-electron chi connectivity index (χ2n) is 14.7. The summed E-state index contributed by atoms with van der Waals surface area (Å²) in [6.07, 6.45) is 10.1. The zero-order valence-corrected chi connectivity index (χ0v) is 31.0. The first-order chi connectivity index (χ1) is 28.3. The molecule has 0 saturated carbocycles. The molecule has 5 heterocycles. The van der Waals surface area contributed by atoms with Crippen LogP contribution in [0, 0.1) is 0 Å². The zero-order valence-electron chi connectivity index (χ0n) is 31.0. The van der Waals surface area contributed by atoms with Crippen molar-refractivity contribution < 1.29 is 0 Å². The number of pyridine rings is 4.